The van der Waals surface area contributed by atoms with E-state index >= 15 is 8.78 Å². The molecule has 1 unspecified atom stereocenters. The molecule has 1 amide bonds. The van der Waals surface area contributed by atoms with Crippen LogP contribution in [0.5, 0.6) is 0 Å². The minimum atomic E-state index is -3.81. The van der Waals surface area contributed by atoms with Gasteiger partial charge in [0.15, 0.2) is 11.5 Å². The van der Waals surface area contributed by atoms with Gasteiger partial charge in [-0.3, -0.25) is 18.9 Å². The van der Waals surface area contributed by atoms with Crippen molar-refractivity contribution in [3.63, 3.8) is 0 Å². The molecule has 3 aromatic heterocycles. The van der Waals surface area contributed by atoms with E-state index in [4.69, 9.17) is 16.6 Å². The molecule has 0 saturated heterocycles. The third kappa shape index (κ3) is 7.15. The Morgan fingerprint density at radius 3 is 2.45 bits per heavy atom. The summed E-state index contributed by atoms with van der Waals surface area (Å²) in [6.07, 6.45) is 0.654. The van der Waals surface area contributed by atoms with Crippen LogP contribution in [0.25, 0.3) is 22.0 Å². The number of aryl methyl sites for hydroxylation is 1. The van der Waals surface area contributed by atoms with Gasteiger partial charge in [0.25, 0.3) is 0 Å². The molecule has 3 atom stereocenters. The first-order valence-electron chi connectivity index (χ1n) is 16.8. The van der Waals surface area contributed by atoms with Crippen molar-refractivity contribution < 1.29 is 35.9 Å². The monoisotopic (exact) mass is 804 g/mol. The molecule has 2 aliphatic carbocycles. The number of nitrogens with zero attached hydrogens (tertiary/aromatic N) is 6. The highest BCUT2D eigenvalue weighted by atomic mass is 35.5. The molecule has 56 heavy (non-hydrogen) atoms. The topological polar surface area (TPSA) is 168 Å². The molecule has 3 N–H and O–H groups in total. The quantitative estimate of drug-likeness (QED) is 0.138. The lowest BCUT2D eigenvalue weighted by Gasteiger charge is -2.24. The van der Waals surface area contributed by atoms with Gasteiger partial charge in [-0.2, -0.15) is 24.2 Å². The summed E-state index contributed by atoms with van der Waals surface area (Å²) in [7, 11) is -2.26. The number of aliphatic hydroxyl groups is 1. The van der Waals surface area contributed by atoms with Gasteiger partial charge in [-0.05, 0) is 62.1 Å². The van der Waals surface area contributed by atoms with Crippen molar-refractivity contribution in [1.29, 1.82) is 5.26 Å². The largest absolute Gasteiger partial charge is 0.378 e. The Labute approximate surface area is 322 Å². The van der Waals surface area contributed by atoms with Gasteiger partial charge < -0.3 is 10.4 Å². The second kappa shape index (κ2) is 13.7. The van der Waals surface area contributed by atoms with Crippen molar-refractivity contribution in [3.05, 3.63) is 93.0 Å². The number of carbonyl (C=O) groups is 1. The van der Waals surface area contributed by atoms with Gasteiger partial charge in [-0.25, -0.2) is 22.2 Å². The van der Waals surface area contributed by atoms with Crippen LogP contribution >= 0.6 is 11.6 Å². The third-order valence-corrected chi connectivity index (χ3v) is 9.97. The number of fused-ring (bicyclic) bond motifs is 4. The van der Waals surface area contributed by atoms with Crippen molar-refractivity contribution in [1.82, 2.24) is 29.9 Å². The van der Waals surface area contributed by atoms with E-state index < -0.39 is 69.2 Å². The lowest BCUT2D eigenvalue weighted by atomic mass is 9.84. The highest BCUT2D eigenvalue weighted by molar-refractivity contribution is 7.92. The van der Waals surface area contributed by atoms with E-state index in [1.54, 1.807) is 19.2 Å². The van der Waals surface area contributed by atoms with Crippen LogP contribution in [0.1, 0.15) is 59.7 Å². The minimum Gasteiger partial charge on any atom is -0.378 e. The van der Waals surface area contributed by atoms with Crippen LogP contribution in [-0.4, -0.2) is 55.8 Å². The van der Waals surface area contributed by atoms with Crippen LogP contribution in [0, 0.1) is 52.6 Å². The first-order chi connectivity index (χ1) is 26.2. The molecule has 2 aromatic carbocycles. The van der Waals surface area contributed by atoms with Gasteiger partial charge in [0.05, 0.1) is 39.8 Å². The molecule has 286 valence electrons. The summed E-state index contributed by atoms with van der Waals surface area (Å²) in [5, 5.41) is 31.5. The number of nitriles is 1. The van der Waals surface area contributed by atoms with Gasteiger partial charge in [-0.15, -0.1) is 0 Å². The fourth-order valence-electron chi connectivity index (χ4n) is 6.91. The van der Waals surface area contributed by atoms with Gasteiger partial charge in [0.1, 0.15) is 47.2 Å². The molecule has 18 heteroatoms. The minimum absolute atomic E-state index is 0.0319. The van der Waals surface area contributed by atoms with Crippen molar-refractivity contribution in [2.75, 3.05) is 11.0 Å². The summed E-state index contributed by atoms with van der Waals surface area (Å²) in [6.45, 7) is 2.13. The zero-order valence-corrected chi connectivity index (χ0v) is 31.4. The standard InChI is InChI=1S/C38H29ClF4N8O4S/c1-37(2,53)12-11-22-5-6-23(24-8-10-27(39)32-34(24)50(3)48-36(32)49-56(4,54)55)33(45-22)28(15-19-13-20(40)16-21(41)14-19)46-30(52)18-51-35-31(29(17-44)47-51)25-7-9-26(25)38(35,42)43/h5-6,8,10,13-14,16,25-26,28,53H,15,18H2,1-4H3,(H,46,52)(H,48,49)/t25-,26+,28?/m0/s1. The van der Waals surface area contributed by atoms with E-state index in [-0.39, 0.29) is 50.9 Å². The molecular formula is C38H29ClF4N8O4S. The Morgan fingerprint density at radius 2 is 1.82 bits per heavy atom. The number of benzene rings is 2. The van der Waals surface area contributed by atoms with Crippen molar-refractivity contribution in [3.8, 4) is 40.9 Å². The Hall–Kier alpha value is -5.93. The summed E-state index contributed by atoms with van der Waals surface area (Å²) in [5.74, 6) is 2.02. The Kier molecular flexibility index (Phi) is 9.36. The lowest BCUT2D eigenvalue weighted by molar-refractivity contribution is -0.123. The number of sulfonamides is 1. The van der Waals surface area contributed by atoms with E-state index in [1.807, 2.05) is 6.07 Å². The predicted octanol–water partition coefficient (Wildman–Crippen LogP) is 5.05. The predicted molar refractivity (Wildman–Crippen MR) is 196 cm³/mol. The average molecular weight is 805 g/mol. The van der Waals surface area contributed by atoms with Crippen LogP contribution in [-0.2, 0) is 40.8 Å². The summed E-state index contributed by atoms with van der Waals surface area (Å²) >= 11 is 6.59. The second-order valence-electron chi connectivity index (χ2n) is 14.0. The van der Waals surface area contributed by atoms with Crippen LogP contribution in [0.15, 0.2) is 42.5 Å². The normalized spacial score (nSPS) is 17.0. The van der Waals surface area contributed by atoms with Crippen molar-refractivity contribution in [2.45, 2.75) is 50.3 Å². The molecule has 3 heterocycles. The van der Waals surface area contributed by atoms with Gasteiger partial charge in [0.2, 0.25) is 15.9 Å². The van der Waals surface area contributed by atoms with E-state index in [0.29, 0.717) is 22.7 Å². The van der Waals surface area contributed by atoms with Gasteiger partial charge >= 0.3 is 5.92 Å². The number of hydrogen-bond donors (Lipinski definition) is 3. The smallest absolute Gasteiger partial charge is 0.304 e. The zero-order chi connectivity index (χ0) is 40.5. The molecule has 2 aliphatic rings. The summed E-state index contributed by atoms with van der Waals surface area (Å²) in [5.41, 5.74) is -1.06. The number of halogens is 5. The average Bonchev–Trinajstić information content (AvgIpc) is 3.63. The first-order valence-corrected chi connectivity index (χ1v) is 19.1. The van der Waals surface area contributed by atoms with Crippen LogP contribution in [0.2, 0.25) is 5.02 Å². The Balaban J connectivity index is 1.39. The molecule has 0 fully saturated rings. The van der Waals surface area contributed by atoms with Crippen molar-refractivity contribution in [2.24, 2.45) is 13.0 Å². The lowest BCUT2D eigenvalue weighted by Crippen LogP contribution is -2.35. The van der Waals surface area contributed by atoms with Crippen molar-refractivity contribution >= 4 is 44.3 Å². The Morgan fingerprint density at radius 1 is 1.12 bits per heavy atom. The van der Waals surface area contributed by atoms with E-state index in [9.17, 15) is 32.4 Å². The number of aromatic nitrogens is 5. The number of anilines is 1. The fraction of sp³-hybridized carbons (Fsp3) is 0.289. The molecule has 5 aromatic rings. The fourth-order valence-corrected chi connectivity index (χ4v) is 7.64. The molecule has 0 radical (unpaired) electrons. The van der Waals surface area contributed by atoms with Gasteiger partial charge in [-0.1, -0.05) is 35.4 Å². The first kappa shape index (κ1) is 38.3. The number of carbonyl (C=O) groups excluding carboxylic acids is 1. The van der Waals surface area contributed by atoms with Crippen LogP contribution < -0.4 is 10.0 Å². The maximum Gasteiger partial charge on any atom is 0.304 e. The molecule has 0 aliphatic heterocycles. The number of rotatable bonds is 9. The molecule has 0 bridgehead atoms. The maximum atomic E-state index is 15.5. The van der Waals surface area contributed by atoms with E-state index in [1.165, 1.54) is 30.7 Å². The Bertz CT molecular complexity index is 2760. The van der Waals surface area contributed by atoms with Crippen LogP contribution in [0.4, 0.5) is 23.4 Å². The number of hydrogen-bond acceptors (Lipinski definition) is 8. The number of pyridine rings is 1. The number of amides is 1. The van der Waals surface area contributed by atoms with Crippen LogP contribution in [0.3, 0.4) is 0 Å². The molecular weight excluding hydrogens is 776 g/mol. The maximum absolute atomic E-state index is 15.5. The van der Waals surface area contributed by atoms with E-state index in [0.717, 1.165) is 23.1 Å². The zero-order valence-electron chi connectivity index (χ0n) is 29.8. The highest BCUT2D eigenvalue weighted by Crippen LogP contribution is 2.56. The second-order valence-corrected chi connectivity index (χ2v) is 16.1. The highest BCUT2D eigenvalue weighted by Gasteiger charge is 2.60. The summed E-state index contributed by atoms with van der Waals surface area (Å²) < 4.78 is 89.1. The third-order valence-electron chi connectivity index (χ3n) is 9.09. The molecule has 12 nitrogen and oxygen atoms in total. The van der Waals surface area contributed by atoms with E-state index in [2.05, 4.69) is 43.9 Å². The number of alkyl halides is 2. The summed E-state index contributed by atoms with van der Waals surface area (Å²) in [4.78, 5) is 18.7. The molecule has 0 spiro atoms. The SMILES string of the molecule is Cn1nc(NS(C)(=O)=O)c2c(Cl)ccc(-c3ccc(C#CC(C)(C)O)nc3C(Cc3cc(F)cc(F)c3)NC(=O)Cn3nc(C#N)c4c3C(F)(F)[C@@H]3C#C[C@H]43)c21. The number of nitrogens with one attached hydrogen (secondary N) is 2. The van der Waals surface area contributed by atoms with Gasteiger partial charge in [0, 0.05) is 29.8 Å². The molecule has 7 rings (SSSR count). The molecule has 0 saturated carbocycles. The summed E-state index contributed by atoms with van der Waals surface area (Å²) in [6, 6.07) is 9.57.